The summed E-state index contributed by atoms with van der Waals surface area (Å²) in [5.41, 5.74) is 3.14. The molecule has 0 aliphatic heterocycles. The van der Waals surface area contributed by atoms with Gasteiger partial charge >= 0.3 is 0 Å². The minimum absolute atomic E-state index is 0.248. The standard InChI is InChI=1S/C24H22N2O2/c1-17-7-11-19(12-8-17)24(28,20-13-9-18(2)10-14-20)21-5-3-4-6-22(21)26-23(27)15-16-25/h3-14,28H,15H2,1-2H3,(H,26,27). The van der Waals surface area contributed by atoms with Crippen LogP contribution >= 0.6 is 0 Å². The van der Waals surface area contributed by atoms with Crippen molar-refractivity contribution < 1.29 is 9.90 Å². The van der Waals surface area contributed by atoms with Crippen LogP contribution in [0.2, 0.25) is 0 Å². The maximum atomic E-state index is 12.0. The number of hydrogen-bond donors (Lipinski definition) is 2. The van der Waals surface area contributed by atoms with Gasteiger partial charge in [-0.25, -0.2) is 0 Å². The number of nitriles is 1. The fourth-order valence-corrected chi connectivity index (χ4v) is 3.24. The van der Waals surface area contributed by atoms with Crippen LogP contribution in [0, 0.1) is 25.2 Å². The van der Waals surface area contributed by atoms with E-state index in [4.69, 9.17) is 5.26 Å². The van der Waals surface area contributed by atoms with E-state index in [1.165, 1.54) is 0 Å². The van der Waals surface area contributed by atoms with Gasteiger partial charge in [-0.3, -0.25) is 4.79 Å². The van der Waals surface area contributed by atoms with Gasteiger partial charge in [0.05, 0.1) is 6.07 Å². The average Bonchev–Trinajstić information content (AvgIpc) is 2.69. The molecule has 4 heteroatoms. The van der Waals surface area contributed by atoms with Gasteiger partial charge in [0, 0.05) is 11.3 Å². The van der Waals surface area contributed by atoms with Gasteiger partial charge in [-0.15, -0.1) is 0 Å². The zero-order valence-electron chi connectivity index (χ0n) is 15.9. The maximum Gasteiger partial charge on any atom is 0.238 e. The van der Waals surface area contributed by atoms with E-state index in [9.17, 15) is 9.90 Å². The molecule has 0 aliphatic rings. The van der Waals surface area contributed by atoms with Crippen LogP contribution in [0.4, 0.5) is 5.69 Å². The van der Waals surface area contributed by atoms with Crippen LogP contribution in [0.3, 0.4) is 0 Å². The Kier molecular flexibility index (Phi) is 5.58. The first kappa shape index (κ1) is 19.3. The summed E-state index contributed by atoms with van der Waals surface area (Å²) in [6, 6.07) is 24.4. The summed E-state index contributed by atoms with van der Waals surface area (Å²) in [5.74, 6) is -0.412. The van der Waals surface area contributed by atoms with Crippen molar-refractivity contribution in [3.8, 4) is 6.07 Å². The van der Waals surface area contributed by atoms with E-state index in [1.54, 1.807) is 18.2 Å². The number of rotatable bonds is 5. The summed E-state index contributed by atoms with van der Waals surface area (Å²) in [5, 5.41) is 23.6. The van der Waals surface area contributed by atoms with Gasteiger partial charge in [0.25, 0.3) is 0 Å². The van der Waals surface area contributed by atoms with Gasteiger partial charge in [0.15, 0.2) is 0 Å². The number of benzene rings is 3. The summed E-state index contributed by atoms with van der Waals surface area (Å²) in [6.07, 6.45) is -0.248. The van der Waals surface area contributed by atoms with Gasteiger partial charge in [0.1, 0.15) is 12.0 Å². The van der Waals surface area contributed by atoms with Crippen LogP contribution in [0.25, 0.3) is 0 Å². The zero-order valence-corrected chi connectivity index (χ0v) is 15.9. The van der Waals surface area contributed by atoms with E-state index in [1.807, 2.05) is 74.5 Å². The molecule has 0 atom stereocenters. The second kappa shape index (κ2) is 8.08. The number of carbonyl (C=O) groups is 1. The normalized spacial score (nSPS) is 10.9. The van der Waals surface area contributed by atoms with Crippen LogP contribution < -0.4 is 5.32 Å². The second-order valence-electron chi connectivity index (χ2n) is 6.87. The molecule has 0 bridgehead atoms. The molecule has 0 aliphatic carbocycles. The Morgan fingerprint density at radius 2 is 1.43 bits per heavy atom. The lowest BCUT2D eigenvalue weighted by molar-refractivity contribution is -0.115. The van der Waals surface area contributed by atoms with Gasteiger partial charge in [-0.2, -0.15) is 5.26 Å². The smallest absolute Gasteiger partial charge is 0.238 e. The van der Waals surface area contributed by atoms with Crippen LogP contribution in [0.5, 0.6) is 0 Å². The molecule has 0 heterocycles. The van der Waals surface area contributed by atoms with E-state index in [0.29, 0.717) is 22.4 Å². The lowest BCUT2D eigenvalue weighted by Gasteiger charge is -2.32. The fourth-order valence-electron chi connectivity index (χ4n) is 3.24. The average molecular weight is 370 g/mol. The van der Waals surface area contributed by atoms with Crippen molar-refractivity contribution in [1.29, 1.82) is 5.26 Å². The molecule has 3 aromatic carbocycles. The number of carbonyl (C=O) groups excluding carboxylic acids is 1. The molecular weight excluding hydrogens is 348 g/mol. The largest absolute Gasteiger partial charge is 0.376 e. The van der Waals surface area contributed by atoms with Crippen LogP contribution in [-0.2, 0) is 10.4 Å². The van der Waals surface area contributed by atoms with Crippen molar-refractivity contribution in [2.75, 3.05) is 5.32 Å². The SMILES string of the molecule is Cc1ccc(C(O)(c2ccc(C)cc2)c2ccccc2NC(=O)CC#N)cc1. The highest BCUT2D eigenvalue weighted by molar-refractivity contribution is 5.93. The van der Waals surface area contributed by atoms with E-state index in [2.05, 4.69) is 5.32 Å². The first-order chi connectivity index (χ1) is 13.4. The minimum Gasteiger partial charge on any atom is -0.376 e. The lowest BCUT2D eigenvalue weighted by atomic mass is 9.79. The van der Waals surface area contributed by atoms with Crippen molar-refractivity contribution >= 4 is 11.6 Å². The molecule has 0 fully saturated rings. The lowest BCUT2D eigenvalue weighted by Crippen LogP contribution is -2.30. The number of amides is 1. The summed E-state index contributed by atoms with van der Waals surface area (Å²) in [4.78, 5) is 12.0. The number of nitrogens with zero attached hydrogens (tertiary/aromatic N) is 1. The first-order valence-corrected chi connectivity index (χ1v) is 9.08. The Morgan fingerprint density at radius 3 is 1.93 bits per heavy atom. The van der Waals surface area contributed by atoms with Crippen molar-refractivity contribution in [3.05, 3.63) is 101 Å². The third-order valence-corrected chi connectivity index (χ3v) is 4.77. The van der Waals surface area contributed by atoms with Crippen molar-refractivity contribution in [2.45, 2.75) is 25.9 Å². The Morgan fingerprint density at radius 1 is 0.929 bits per heavy atom. The number of para-hydroxylation sites is 1. The number of aliphatic hydroxyl groups is 1. The summed E-state index contributed by atoms with van der Waals surface area (Å²) >= 11 is 0. The number of nitrogens with one attached hydrogen (secondary N) is 1. The van der Waals surface area contributed by atoms with E-state index in [0.717, 1.165) is 11.1 Å². The van der Waals surface area contributed by atoms with Gasteiger partial charge in [-0.05, 0) is 31.0 Å². The minimum atomic E-state index is -1.46. The molecule has 0 saturated carbocycles. The molecule has 3 aromatic rings. The summed E-state index contributed by atoms with van der Waals surface area (Å²) in [6.45, 7) is 3.98. The van der Waals surface area contributed by atoms with E-state index < -0.39 is 11.5 Å². The monoisotopic (exact) mass is 370 g/mol. The van der Waals surface area contributed by atoms with Crippen LogP contribution in [0.15, 0.2) is 72.8 Å². The molecule has 0 spiro atoms. The molecule has 0 radical (unpaired) electrons. The van der Waals surface area contributed by atoms with E-state index >= 15 is 0 Å². The van der Waals surface area contributed by atoms with Crippen molar-refractivity contribution in [3.63, 3.8) is 0 Å². The van der Waals surface area contributed by atoms with E-state index in [-0.39, 0.29) is 6.42 Å². The Hall–Kier alpha value is -3.42. The topological polar surface area (TPSA) is 73.1 Å². The highest BCUT2D eigenvalue weighted by atomic mass is 16.3. The van der Waals surface area contributed by atoms with Gasteiger partial charge in [-0.1, -0.05) is 77.9 Å². The van der Waals surface area contributed by atoms with Crippen LogP contribution in [-0.4, -0.2) is 11.0 Å². The summed E-state index contributed by atoms with van der Waals surface area (Å²) < 4.78 is 0. The second-order valence-corrected chi connectivity index (χ2v) is 6.87. The molecular formula is C24H22N2O2. The van der Waals surface area contributed by atoms with Gasteiger partial charge in [0.2, 0.25) is 5.91 Å². The molecule has 28 heavy (non-hydrogen) atoms. The van der Waals surface area contributed by atoms with Crippen LogP contribution in [0.1, 0.15) is 34.2 Å². The molecule has 3 rings (SSSR count). The quantitative estimate of drug-likeness (QED) is 0.652. The molecule has 2 N–H and O–H groups in total. The number of anilines is 1. The fraction of sp³-hybridized carbons (Fsp3) is 0.167. The number of hydrogen-bond acceptors (Lipinski definition) is 3. The maximum absolute atomic E-state index is 12.0. The third kappa shape index (κ3) is 3.80. The first-order valence-electron chi connectivity index (χ1n) is 9.08. The Labute approximate surface area is 165 Å². The molecule has 1 amide bonds. The molecule has 140 valence electrons. The van der Waals surface area contributed by atoms with Crippen molar-refractivity contribution in [1.82, 2.24) is 0 Å². The third-order valence-electron chi connectivity index (χ3n) is 4.77. The zero-order chi connectivity index (χ0) is 20.1. The van der Waals surface area contributed by atoms with Gasteiger partial charge < -0.3 is 10.4 Å². The number of aryl methyl sites for hydroxylation is 2. The Bertz CT molecular complexity index is 970. The highest BCUT2D eigenvalue weighted by Crippen LogP contribution is 2.40. The molecule has 0 aromatic heterocycles. The Balaban J connectivity index is 2.21. The molecule has 0 saturated heterocycles. The van der Waals surface area contributed by atoms with Crippen molar-refractivity contribution in [2.24, 2.45) is 0 Å². The summed E-state index contributed by atoms with van der Waals surface area (Å²) in [7, 11) is 0. The molecule has 0 unspecified atom stereocenters. The predicted molar refractivity (Wildman–Crippen MR) is 110 cm³/mol. The highest BCUT2D eigenvalue weighted by Gasteiger charge is 2.36. The predicted octanol–water partition coefficient (Wildman–Crippen LogP) is 4.44. The molecule has 4 nitrogen and oxygen atoms in total.